The molecule has 0 bridgehead atoms. The predicted octanol–water partition coefficient (Wildman–Crippen LogP) is 4.23. The van der Waals surface area contributed by atoms with Crippen LogP contribution in [-0.2, 0) is 21.3 Å². The van der Waals surface area contributed by atoms with E-state index in [1.165, 1.54) is 14.2 Å². The van der Waals surface area contributed by atoms with Gasteiger partial charge in [-0.2, -0.15) is 0 Å². The van der Waals surface area contributed by atoms with Crippen LogP contribution in [0.2, 0.25) is 0 Å². The summed E-state index contributed by atoms with van der Waals surface area (Å²) in [5.74, 6) is 2.43. The van der Waals surface area contributed by atoms with Crippen LogP contribution < -0.4 is 23.7 Å². The van der Waals surface area contributed by atoms with Gasteiger partial charge >= 0.3 is 5.97 Å². The average Bonchev–Trinajstić information content (AvgIpc) is 3.40. The normalized spacial score (nSPS) is 11.6. The number of ether oxygens (including phenoxy) is 6. The van der Waals surface area contributed by atoms with E-state index in [9.17, 15) is 9.00 Å². The fourth-order valence-electron chi connectivity index (χ4n) is 3.93. The van der Waals surface area contributed by atoms with Gasteiger partial charge in [0.15, 0.2) is 28.2 Å². The first kappa shape index (κ1) is 28.7. The van der Waals surface area contributed by atoms with Crippen molar-refractivity contribution in [3.05, 3.63) is 59.4 Å². The van der Waals surface area contributed by atoms with Gasteiger partial charge < -0.3 is 33.4 Å². The number of methoxy groups -OCH3 is 4. The Bertz CT molecular complexity index is 1480. The van der Waals surface area contributed by atoms with Gasteiger partial charge in [-0.3, -0.25) is 9.19 Å². The number of aromatic amines is 1. The molecule has 0 saturated carbocycles. The number of hydrogen-bond acceptors (Lipinski definition) is 10. The van der Waals surface area contributed by atoms with Crippen molar-refractivity contribution in [2.24, 2.45) is 0 Å². The molecule has 0 amide bonds. The first-order valence-corrected chi connectivity index (χ1v) is 13.7. The molecule has 11 nitrogen and oxygen atoms in total. The van der Waals surface area contributed by atoms with Gasteiger partial charge in [0.25, 0.3) is 0 Å². The SMILES string of the molecule is COC(=O)c1ccc(OCCCOc2ccnc(CS(=O)c3nc4cc(OC)c(OC)cc4[nH]3)c2C)c(OC)c1. The van der Waals surface area contributed by atoms with Crippen LogP contribution in [-0.4, -0.2) is 66.8 Å². The van der Waals surface area contributed by atoms with Crippen LogP contribution in [0.25, 0.3) is 11.0 Å². The standard InChI is InChI=1S/C28H31N3O8S/c1-17-21(16-40(33)28-30-19-14-25(35-3)26(36-4)15-20(19)31-28)29-10-9-22(17)38-11-6-12-39-23-8-7-18(27(32)37-5)13-24(23)34-2/h7-10,13-15H,6,11-12,16H2,1-5H3,(H,30,31). The zero-order valence-corrected chi connectivity index (χ0v) is 23.8. The molecule has 4 aromatic rings. The number of imidazole rings is 1. The molecule has 2 aromatic heterocycles. The summed E-state index contributed by atoms with van der Waals surface area (Å²) in [7, 11) is 4.46. The number of fused-ring (bicyclic) bond motifs is 1. The van der Waals surface area contributed by atoms with Crippen molar-refractivity contribution in [3.8, 4) is 28.7 Å². The van der Waals surface area contributed by atoms with E-state index in [1.807, 2.05) is 6.92 Å². The molecule has 0 spiro atoms. The summed E-state index contributed by atoms with van der Waals surface area (Å²) in [6, 6.07) is 10.1. The van der Waals surface area contributed by atoms with Gasteiger partial charge in [-0.15, -0.1) is 0 Å². The number of benzene rings is 2. The lowest BCUT2D eigenvalue weighted by Crippen LogP contribution is -2.08. The number of nitrogens with zero attached hydrogens (tertiary/aromatic N) is 2. The minimum atomic E-state index is -1.47. The van der Waals surface area contributed by atoms with Crippen LogP contribution >= 0.6 is 0 Å². The summed E-state index contributed by atoms with van der Waals surface area (Å²) < 4.78 is 45.6. The Morgan fingerprint density at radius 2 is 1.55 bits per heavy atom. The second kappa shape index (κ2) is 13.2. The number of hydrogen-bond donors (Lipinski definition) is 1. The number of esters is 1. The first-order chi connectivity index (χ1) is 19.4. The topological polar surface area (TPSA) is 131 Å². The highest BCUT2D eigenvalue weighted by molar-refractivity contribution is 7.84. The van der Waals surface area contributed by atoms with Crippen LogP contribution in [0.1, 0.15) is 28.0 Å². The minimum absolute atomic E-state index is 0.168. The lowest BCUT2D eigenvalue weighted by Gasteiger charge is -2.13. The van der Waals surface area contributed by atoms with Gasteiger partial charge in [-0.05, 0) is 31.2 Å². The number of nitrogens with one attached hydrogen (secondary N) is 1. The van der Waals surface area contributed by atoms with E-state index in [-0.39, 0.29) is 5.75 Å². The van der Waals surface area contributed by atoms with Gasteiger partial charge in [-0.1, -0.05) is 0 Å². The maximum Gasteiger partial charge on any atom is 0.337 e. The van der Waals surface area contributed by atoms with Crippen LogP contribution in [0.3, 0.4) is 0 Å². The van der Waals surface area contributed by atoms with Crippen molar-refractivity contribution in [1.82, 2.24) is 15.0 Å². The summed E-state index contributed by atoms with van der Waals surface area (Å²) >= 11 is 0. The van der Waals surface area contributed by atoms with Crippen molar-refractivity contribution >= 4 is 27.8 Å². The summed E-state index contributed by atoms with van der Waals surface area (Å²) in [6.07, 6.45) is 2.23. The van der Waals surface area contributed by atoms with Gasteiger partial charge in [0.2, 0.25) is 0 Å². The van der Waals surface area contributed by atoms with Gasteiger partial charge in [-0.25, -0.2) is 9.78 Å². The van der Waals surface area contributed by atoms with Crippen LogP contribution in [0.15, 0.2) is 47.8 Å². The van der Waals surface area contributed by atoms with Crippen molar-refractivity contribution in [2.75, 3.05) is 41.7 Å². The second-order valence-electron chi connectivity index (χ2n) is 8.54. The summed E-state index contributed by atoms with van der Waals surface area (Å²) in [4.78, 5) is 23.7. The molecule has 0 saturated heterocycles. The molecule has 40 heavy (non-hydrogen) atoms. The highest BCUT2D eigenvalue weighted by atomic mass is 32.2. The maximum atomic E-state index is 13.1. The Balaban J connectivity index is 1.34. The second-order valence-corrected chi connectivity index (χ2v) is 9.91. The molecule has 2 heterocycles. The Morgan fingerprint density at radius 1 is 0.875 bits per heavy atom. The molecule has 12 heteroatoms. The van der Waals surface area contributed by atoms with Gasteiger partial charge in [0.1, 0.15) is 5.75 Å². The van der Waals surface area contributed by atoms with Gasteiger partial charge in [0.05, 0.1) is 80.5 Å². The molecule has 2 aromatic carbocycles. The molecule has 0 fully saturated rings. The van der Waals surface area contributed by atoms with E-state index in [2.05, 4.69) is 15.0 Å². The maximum absolute atomic E-state index is 13.1. The van der Waals surface area contributed by atoms with Crippen LogP contribution in [0, 0.1) is 6.92 Å². The van der Waals surface area contributed by atoms with Gasteiger partial charge in [0, 0.05) is 30.3 Å². The molecule has 0 aliphatic carbocycles. The number of carbonyl (C=O) groups excluding carboxylic acids is 1. The molecule has 212 valence electrons. The third-order valence-electron chi connectivity index (χ3n) is 6.10. The van der Waals surface area contributed by atoms with Crippen molar-refractivity contribution in [1.29, 1.82) is 0 Å². The van der Waals surface area contributed by atoms with Crippen molar-refractivity contribution < 1.29 is 37.4 Å². The quantitative estimate of drug-likeness (QED) is 0.184. The van der Waals surface area contributed by atoms with E-state index in [0.717, 1.165) is 5.56 Å². The highest BCUT2D eigenvalue weighted by Gasteiger charge is 2.17. The number of H-pyrrole nitrogens is 1. The smallest absolute Gasteiger partial charge is 0.337 e. The van der Waals surface area contributed by atoms with Crippen LogP contribution in [0.4, 0.5) is 0 Å². The molecule has 4 rings (SSSR count). The average molecular weight is 570 g/mol. The molecule has 0 radical (unpaired) electrons. The zero-order chi connectivity index (χ0) is 28.6. The van der Waals surface area contributed by atoms with Crippen molar-refractivity contribution in [2.45, 2.75) is 24.3 Å². The molecule has 1 N–H and O–H groups in total. The third-order valence-corrected chi connectivity index (χ3v) is 7.26. The molecule has 0 aliphatic rings. The zero-order valence-electron chi connectivity index (χ0n) is 22.9. The summed E-state index contributed by atoms with van der Waals surface area (Å²) in [5, 5.41) is 0.338. The fourth-order valence-corrected chi connectivity index (χ4v) is 5.03. The Labute approximate surface area is 234 Å². The van der Waals surface area contributed by atoms with Crippen LogP contribution in [0.5, 0.6) is 28.7 Å². The number of rotatable bonds is 13. The van der Waals surface area contributed by atoms with E-state index >= 15 is 0 Å². The highest BCUT2D eigenvalue weighted by Crippen LogP contribution is 2.32. The Kier molecular flexibility index (Phi) is 9.43. The van der Waals surface area contributed by atoms with E-state index in [0.29, 0.717) is 75.8 Å². The fraction of sp³-hybridized carbons (Fsp3) is 0.321. The van der Waals surface area contributed by atoms with Crippen molar-refractivity contribution in [3.63, 3.8) is 0 Å². The lowest BCUT2D eigenvalue weighted by atomic mass is 10.2. The molecular weight excluding hydrogens is 538 g/mol. The summed E-state index contributed by atoms with van der Waals surface area (Å²) in [6.45, 7) is 2.65. The van der Waals surface area contributed by atoms with E-state index in [1.54, 1.807) is 56.8 Å². The molecule has 1 unspecified atom stereocenters. The number of carbonyl (C=O) groups is 1. The third kappa shape index (κ3) is 6.45. The largest absolute Gasteiger partial charge is 0.493 e. The Hall–Kier alpha value is -4.32. The molecule has 0 aliphatic heterocycles. The minimum Gasteiger partial charge on any atom is -0.493 e. The number of pyridine rings is 1. The molecular formula is C28H31N3O8S. The van der Waals surface area contributed by atoms with E-state index < -0.39 is 16.8 Å². The monoisotopic (exact) mass is 569 g/mol. The predicted molar refractivity (Wildman–Crippen MR) is 148 cm³/mol. The lowest BCUT2D eigenvalue weighted by molar-refractivity contribution is 0.0600. The molecule has 1 atom stereocenters. The summed E-state index contributed by atoms with van der Waals surface area (Å²) in [5.41, 5.74) is 3.15. The van der Waals surface area contributed by atoms with E-state index in [4.69, 9.17) is 28.4 Å². The Morgan fingerprint density at radius 3 is 2.25 bits per heavy atom. The number of aromatic nitrogens is 3. The first-order valence-electron chi connectivity index (χ1n) is 12.3.